The molecule has 0 N–H and O–H groups in total. The van der Waals surface area contributed by atoms with Crippen molar-refractivity contribution in [2.24, 2.45) is 0 Å². The van der Waals surface area contributed by atoms with Gasteiger partial charge >= 0.3 is 6.61 Å². The molecule has 0 atom stereocenters. The molecule has 3 aromatic carbocycles. The van der Waals surface area contributed by atoms with Gasteiger partial charge in [-0.3, -0.25) is 14.2 Å². The Kier molecular flexibility index (Phi) is 6.37. The second-order valence-corrected chi connectivity index (χ2v) is 8.51. The fourth-order valence-electron chi connectivity index (χ4n) is 4.14. The molecule has 1 fully saturated rings. The van der Waals surface area contributed by atoms with Crippen molar-refractivity contribution in [3.63, 3.8) is 0 Å². The second kappa shape index (κ2) is 9.77. The van der Waals surface area contributed by atoms with E-state index < -0.39 is 6.61 Å². The molecule has 1 saturated carbocycles. The van der Waals surface area contributed by atoms with Gasteiger partial charge in [0, 0.05) is 18.2 Å². The summed E-state index contributed by atoms with van der Waals surface area (Å²) in [5, 5.41) is 0.514. The fraction of sp³-hybridized carbons (Fsp3) is 0.222. The largest absolute Gasteiger partial charge is 0.493 e. The third-order valence-corrected chi connectivity index (χ3v) is 6.10. The summed E-state index contributed by atoms with van der Waals surface area (Å²) in [7, 11) is 1.37. The number of para-hydroxylation sites is 1. The number of benzene rings is 3. The summed E-state index contributed by atoms with van der Waals surface area (Å²) in [6, 6.07) is 18.7. The Bertz CT molecular complexity index is 1470. The van der Waals surface area contributed by atoms with Gasteiger partial charge in [0.25, 0.3) is 11.5 Å². The SMILES string of the molecule is COc1cc(CN(C(=O)c2ccc(-n3cnc4ccccc4c3=O)cc2)C2CC2)ccc1OC(F)F. The van der Waals surface area contributed by atoms with Gasteiger partial charge in [0.1, 0.15) is 6.33 Å². The minimum absolute atomic E-state index is 0.0606. The molecule has 1 aromatic heterocycles. The number of amides is 1. The monoisotopic (exact) mass is 491 g/mol. The number of rotatable bonds is 8. The fourth-order valence-corrected chi connectivity index (χ4v) is 4.14. The normalized spacial score (nSPS) is 13.1. The van der Waals surface area contributed by atoms with Crippen molar-refractivity contribution in [3.8, 4) is 17.2 Å². The molecule has 0 radical (unpaired) electrons. The maximum atomic E-state index is 13.4. The van der Waals surface area contributed by atoms with E-state index >= 15 is 0 Å². The summed E-state index contributed by atoms with van der Waals surface area (Å²) in [6.45, 7) is -2.66. The zero-order chi connectivity index (χ0) is 25.2. The quantitative estimate of drug-likeness (QED) is 0.354. The number of fused-ring (bicyclic) bond motifs is 1. The van der Waals surface area contributed by atoms with Crippen LogP contribution in [0.25, 0.3) is 16.6 Å². The number of methoxy groups -OCH3 is 1. The standard InChI is InChI=1S/C27H23F2N3O4/c1-35-24-14-17(6-13-23(24)36-27(28)29)15-31(19-11-12-19)25(33)18-7-9-20(10-8-18)32-16-30-22-5-3-2-4-21(22)26(32)34/h2-10,13-14,16,19,27H,11-12,15H2,1H3. The van der Waals surface area contributed by atoms with Gasteiger partial charge in [-0.15, -0.1) is 0 Å². The Balaban J connectivity index is 1.37. The second-order valence-electron chi connectivity index (χ2n) is 8.51. The van der Waals surface area contributed by atoms with Gasteiger partial charge in [-0.1, -0.05) is 18.2 Å². The van der Waals surface area contributed by atoms with E-state index in [1.807, 2.05) is 6.07 Å². The molecule has 36 heavy (non-hydrogen) atoms. The molecule has 0 spiro atoms. The molecule has 9 heteroatoms. The highest BCUT2D eigenvalue weighted by atomic mass is 19.3. The molecule has 0 bridgehead atoms. The summed E-state index contributed by atoms with van der Waals surface area (Å²) in [5.74, 6) is -0.0377. The van der Waals surface area contributed by atoms with Crippen LogP contribution >= 0.6 is 0 Å². The maximum Gasteiger partial charge on any atom is 0.387 e. The molecule has 1 amide bonds. The summed E-state index contributed by atoms with van der Waals surface area (Å²) >= 11 is 0. The highest BCUT2D eigenvalue weighted by molar-refractivity contribution is 5.94. The third-order valence-electron chi connectivity index (χ3n) is 6.10. The van der Waals surface area contributed by atoms with E-state index in [0.29, 0.717) is 28.7 Å². The van der Waals surface area contributed by atoms with Crippen molar-refractivity contribution in [2.75, 3.05) is 7.11 Å². The van der Waals surface area contributed by atoms with Crippen molar-refractivity contribution in [1.29, 1.82) is 0 Å². The lowest BCUT2D eigenvalue weighted by molar-refractivity contribution is -0.0512. The Morgan fingerprint density at radius 2 is 1.83 bits per heavy atom. The van der Waals surface area contributed by atoms with Crippen LogP contribution in [0.5, 0.6) is 11.5 Å². The summed E-state index contributed by atoms with van der Waals surface area (Å²) < 4.78 is 36.4. The summed E-state index contributed by atoms with van der Waals surface area (Å²) in [5.41, 5.74) is 2.26. The number of alkyl halides is 2. The number of carbonyl (C=O) groups excluding carboxylic acids is 1. The van der Waals surface area contributed by atoms with Crippen LogP contribution in [0, 0.1) is 0 Å². The van der Waals surface area contributed by atoms with E-state index in [0.717, 1.165) is 18.4 Å². The first-order valence-corrected chi connectivity index (χ1v) is 11.4. The van der Waals surface area contributed by atoms with E-state index in [1.165, 1.54) is 24.1 Å². The molecule has 0 saturated heterocycles. The van der Waals surface area contributed by atoms with E-state index in [4.69, 9.17) is 4.74 Å². The Morgan fingerprint density at radius 3 is 2.53 bits per heavy atom. The molecule has 1 heterocycles. The van der Waals surface area contributed by atoms with Crippen molar-refractivity contribution < 1.29 is 23.0 Å². The first kappa shape index (κ1) is 23.5. The van der Waals surface area contributed by atoms with Gasteiger partial charge in [0.15, 0.2) is 11.5 Å². The lowest BCUT2D eigenvalue weighted by atomic mass is 10.1. The molecule has 1 aliphatic carbocycles. The van der Waals surface area contributed by atoms with Gasteiger partial charge in [0.05, 0.1) is 23.7 Å². The smallest absolute Gasteiger partial charge is 0.387 e. The Hall–Kier alpha value is -4.27. The zero-order valence-corrected chi connectivity index (χ0v) is 19.4. The minimum atomic E-state index is -2.96. The minimum Gasteiger partial charge on any atom is -0.493 e. The van der Waals surface area contributed by atoms with Gasteiger partial charge in [-0.25, -0.2) is 4.98 Å². The van der Waals surface area contributed by atoms with E-state index in [-0.39, 0.29) is 29.0 Å². The number of aromatic nitrogens is 2. The van der Waals surface area contributed by atoms with Crippen LogP contribution < -0.4 is 15.0 Å². The summed E-state index contributed by atoms with van der Waals surface area (Å²) in [6.07, 6.45) is 3.27. The van der Waals surface area contributed by atoms with Crippen molar-refractivity contribution >= 4 is 16.8 Å². The Morgan fingerprint density at radius 1 is 1.08 bits per heavy atom. The van der Waals surface area contributed by atoms with Crippen LogP contribution in [0.4, 0.5) is 8.78 Å². The van der Waals surface area contributed by atoms with Gasteiger partial charge < -0.3 is 14.4 Å². The van der Waals surface area contributed by atoms with Crippen LogP contribution in [0.3, 0.4) is 0 Å². The van der Waals surface area contributed by atoms with Gasteiger partial charge in [-0.05, 0) is 66.9 Å². The zero-order valence-electron chi connectivity index (χ0n) is 19.4. The van der Waals surface area contributed by atoms with Crippen LogP contribution in [-0.2, 0) is 6.54 Å². The Labute approximate surface area is 205 Å². The van der Waals surface area contributed by atoms with Crippen LogP contribution in [-0.4, -0.2) is 40.1 Å². The highest BCUT2D eigenvalue weighted by Crippen LogP contribution is 2.33. The topological polar surface area (TPSA) is 73.7 Å². The lowest BCUT2D eigenvalue weighted by Crippen LogP contribution is -2.32. The number of nitrogens with zero attached hydrogens (tertiary/aromatic N) is 3. The number of hydrogen-bond acceptors (Lipinski definition) is 5. The predicted octanol–water partition coefficient (Wildman–Crippen LogP) is 4.80. The highest BCUT2D eigenvalue weighted by Gasteiger charge is 2.33. The number of ether oxygens (including phenoxy) is 2. The number of carbonyl (C=O) groups is 1. The first-order valence-electron chi connectivity index (χ1n) is 11.4. The van der Waals surface area contributed by atoms with Crippen LogP contribution in [0.15, 0.2) is 77.9 Å². The van der Waals surface area contributed by atoms with Crippen molar-refractivity contribution in [1.82, 2.24) is 14.5 Å². The maximum absolute atomic E-state index is 13.4. The molecule has 0 unspecified atom stereocenters. The predicted molar refractivity (Wildman–Crippen MR) is 130 cm³/mol. The molecular formula is C27H23F2N3O4. The van der Waals surface area contributed by atoms with Gasteiger partial charge in [-0.2, -0.15) is 8.78 Å². The van der Waals surface area contributed by atoms with Crippen LogP contribution in [0.2, 0.25) is 0 Å². The average Bonchev–Trinajstić information content (AvgIpc) is 3.73. The van der Waals surface area contributed by atoms with E-state index in [2.05, 4.69) is 9.72 Å². The molecule has 5 rings (SSSR count). The van der Waals surface area contributed by atoms with E-state index in [1.54, 1.807) is 59.5 Å². The van der Waals surface area contributed by atoms with Gasteiger partial charge in [0.2, 0.25) is 0 Å². The molecule has 4 aromatic rings. The van der Waals surface area contributed by atoms with Crippen LogP contribution in [0.1, 0.15) is 28.8 Å². The number of halogens is 2. The number of hydrogen-bond donors (Lipinski definition) is 0. The lowest BCUT2D eigenvalue weighted by Gasteiger charge is -2.23. The molecular weight excluding hydrogens is 468 g/mol. The molecule has 0 aliphatic heterocycles. The molecule has 184 valence electrons. The van der Waals surface area contributed by atoms with Crippen molar-refractivity contribution in [3.05, 3.63) is 94.5 Å². The van der Waals surface area contributed by atoms with E-state index in [9.17, 15) is 18.4 Å². The summed E-state index contributed by atoms with van der Waals surface area (Å²) in [4.78, 5) is 32.4. The first-order chi connectivity index (χ1) is 17.4. The molecule has 1 aliphatic rings. The average molecular weight is 491 g/mol. The van der Waals surface area contributed by atoms with Crippen molar-refractivity contribution in [2.45, 2.75) is 32.0 Å². The third kappa shape index (κ3) is 4.77. The molecule has 7 nitrogen and oxygen atoms in total.